The lowest BCUT2D eigenvalue weighted by atomic mass is 10.2. The first-order valence-corrected chi connectivity index (χ1v) is 8.32. The van der Waals surface area contributed by atoms with Gasteiger partial charge >= 0.3 is 5.97 Å². The summed E-state index contributed by atoms with van der Waals surface area (Å²) in [6.07, 6.45) is 4.11. The third-order valence-corrected chi connectivity index (χ3v) is 5.30. The van der Waals surface area contributed by atoms with Gasteiger partial charge in [0.15, 0.2) is 9.84 Å². The molecule has 1 aliphatic heterocycles. The van der Waals surface area contributed by atoms with Crippen molar-refractivity contribution in [2.24, 2.45) is 7.05 Å². The van der Waals surface area contributed by atoms with Crippen molar-refractivity contribution in [2.75, 3.05) is 24.6 Å². The first kappa shape index (κ1) is 15.0. The van der Waals surface area contributed by atoms with Crippen molar-refractivity contribution in [2.45, 2.75) is 18.9 Å². The van der Waals surface area contributed by atoms with Crippen molar-refractivity contribution in [3.63, 3.8) is 0 Å². The van der Waals surface area contributed by atoms with Crippen LogP contribution in [0, 0.1) is 0 Å². The molecule has 2 heterocycles. The molecule has 0 amide bonds. The maximum Gasteiger partial charge on any atom is 0.304 e. The number of imidazole rings is 1. The van der Waals surface area contributed by atoms with Crippen LogP contribution in [-0.4, -0.2) is 64.6 Å². The van der Waals surface area contributed by atoms with Crippen LogP contribution in [0.5, 0.6) is 0 Å². The number of aromatic nitrogens is 2. The third kappa shape index (κ3) is 3.80. The van der Waals surface area contributed by atoms with E-state index in [1.165, 1.54) is 0 Å². The Labute approximate surface area is 118 Å². The minimum Gasteiger partial charge on any atom is -0.481 e. The smallest absolute Gasteiger partial charge is 0.304 e. The number of carboxylic acid groups (broad SMARTS) is 1. The largest absolute Gasteiger partial charge is 0.481 e. The number of hydrogen-bond acceptors (Lipinski definition) is 5. The van der Waals surface area contributed by atoms with Crippen molar-refractivity contribution in [1.82, 2.24) is 14.5 Å². The zero-order valence-electron chi connectivity index (χ0n) is 11.4. The van der Waals surface area contributed by atoms with E-state index in [0.29, 0.717) is 19.5 Å². The average molecular weight is 301 g/mol. The van der Waals surface area contributed by atoms with Gasteiger partial charge in [-0.15, -0.1) is 0 Å². The molecular weight excluding hydrogens is 282 g/mol. The molecule has 8 heteroatoms. The molecule has 0 aromatic carbocycles. The van der Waals surface area contributed by atoms with Gasteiger partial charge in [0.2, 0.25) is 0 Å². The zero-order chi connectivity index (χ0) is 14.8. The second-order valence-corrected chi connectivity index (χ2v) is 7.34. The van der Waals surface area contributed by atoms with Crippen LogP contribution < -0.4 is 0 Å². The second kappa shape index (κ2) is 5.92. The van der Waals surface area contributed by atoms with Crippen LogP contribution in [-0.2, 0) is 28.1 Å². The lowest BCUT2D eigenvalue weighted by Gasteiger charge is -2.34. The van der Waals surface area contributed by atoms with E-state index in [9.17, 15) is 13.2 Å². The van der Waals surface area contributed by atoms with E-state index < -0.39 is 21.8 Å². The number of hydrogen-bond donors (Lipinski definition) is 1. The monoisotopic (exact) mass is 301 g/mol. The fourth-order valence-corrected chi connectivity index (χ4v) is 4.08. The molecule has 1 saturated heterocycles. The Balaban J connectivity index is 2.01. The molecule has 1 aromatic rings. The maximum absolute atomic E-state index is 11.6. The van der Waals surface area contributed by atoms with E-state index in [2.05, 4.69) is 4.98 Å². The molecular formula is C12H19N3O4S. The van der Waals surface area contributed by atoms with Crippen LogP contribution in [0.2, 0.25) is 0 Å². The lowest BCUT2D eigenvalue weighted by molar-refractivity contribution is -0.138. The standard InChI is InChI=1S/C12H19N3O4S/c1-14-5-3-13-11(14)2-4-15-6-7-20(18,19)9-10(15)8-12(16)17/h3,5,10H,2,4,6-9H2,1H3,(H,16,17). The fraction of sp³-hybridized carbons (Fsp3) is 0.667. The Morgan fingerprint density at radius 1 is 1.55 bits per heavy atom. The van der Waals surface area contributed by atoms with Crippen LogP contribution in [0.3, 0.4) is 0 Å². The summed E-state index contributed by atoms with van der Waals surface area (Å²) >= 11 is 0. The summed E-state index contributed by atoms with van der Waals surface area (Å²) in [6.45, 7) is 1.02. The van der Waals surface area contributed by atoms with Gasteiger partial charge in [0.25, 0.3) is 0 Å². The summed E-state index contributed by atoms with van der Waals surface area (Å²) in [5.74, 6) is -0.0228. The van der Waals surface area contributed by atoms with Gasteiger partial charge in [0, 0.05) is 45.0 Å². The second-order valence-electron chi connectivity index (χ2n) is 5.11. The first-order chi connectivity index (χ1) is 9.37. The fourth-order valence-electron chi connectivity index (χ4n) is 2.49. The highest BCUT2D eigenvalue weighted by Crippen LogP contribution is 2.15. The normalized spacial score (nSPS) is 22.8. The van der Waals surface area contributed by atoms with E-state index in [1.54, 1.807) is 6.20 Å². The third-order valence-electron chi connectivity index (χ3n) is 3.61. The summed E-state index contributed by atoms with van der Waals surface area (Å²) in [5, 5.41) is 8.91. The number of rotatable bonds is 5. The molecule has 2 rings (SSSR count). The van der Waals surface area contributed by atoms with Gasteiger partial charge in [-0.05, 0) is 0 Å². The first-order valence-electron chi connectivity index (χ1n) is 6.50. The highest BCUT2D eigenvalue weighted by Gasteiger charge is 2.32. The molecule has 0 aliphatic carbocycles. The molecule has 0 radical (unpaired) electrons. The predicted molar refractivity (Wildman–Crippen MR) is 73.2 cm³/mol. The Morgan fingerprint density at radius 2 is 2.30 bits per heavy atom. The molecule has 0 spiro atoms. The molecule has 0 bridgehead atoms. The van der Waals surface area contributed by atoms with Gasteiger partial charge in [0.05, 0.1) is 17.9 Å². The van der Waals surface area contributed by atoms with Crippen LogP contribution in [0.1, 0.15) is 12.2 Å². The minimum absolute atomic E-state index is 0.0696. The molecule has 1 fully saturated rings. The average Bonchev–Trinajstić information content (AvgIpc) is 2.72. The maximum atomic E-state index is 11.6. The summed E-state index contributed by atoms with van der Waals surface area (Å²) in [7, 11) is -1.22. The number of aliphatic carboxylic acids is 1. The van der Waals surface area contributed by atoms with Crippen LogP contribution in [0.15, 0.2) is 12.4 Å². The summed E-state index contributed by atoms with van der Waals surface area (Å²) in [6, 6.07) is -0.438. The number of sulfone groups is 1. The number of carboxylic acids is 1. The topological polar surface area (TPSA) is 92.5 Å². The van der Waals surface area contributed by atoms with Gasteiger partial charge in [-0.1, -0.05) is 0 Å². The van der Waals surface area contributed by atoms with Crippen LogP contribution in [0.4, 0.5) is 0 Å². The van der Waals surface area contributed by atoms with E-state index in [-0.39, 0.29) is 17.9 Å². The quantitative estimate of drug-likeness (QED) is 0.791. The summed E-state index contributed by atoms with van der Waals surface area (Å²) in [4.78, 5) is 17.0. The van der Waals surface area contributed by atoms with E-state index in [0.717, 1.165) is 5.82 Å². The van der Waals surface area contributed by atoms with Gasteiger partial charge in [-0.25, -0.2) is 13.4 Å². The number of carbonyl (C=O) groups is 1. The van der Waals surface area contributed by atoms with E-state index >= 15 is 0 Å². The lowest BCUT2D eigenvalue weighted by Crippen LogP contribution is -2.50. The van der Waals surface area contributed by atoms with Gasteiger partial charge < -0.3 is 9.67 Å². The molecule has 7 nitrogen and oxygen atoms in total. The summed E-state index contributed by atoms with van der Waals surface area (Å²) in [5.41, 5.74) is 0. The molecule has 0 saturated carbocycles. The molecule has 1 aromatic heterocycles. The number of aryl methyl sites for hydroxylation is 1. The SMILES string of the molecule is Cn1ccnc1CCN1CCS(=O)(=O)CC1CC(=O)O. The zero-order valence-corrected chi connectivity index (χ0v) is 12.2. The van der Waals surface area contributed by atoms with Gasteiger partial charge in [-0.2, -0.15) is 0 Å². The Hall–Kier alpha value is -1.41. The molecule has 1 unspecified atom stereocenters. The van der Waals surface area contributed by atoms with Crippen LogP contribution >= 0.6 is 0 Å². The van der Waals surface area contributed by atoms with Crippen molar-refractivity contribution in [3.05, 3.63) is 18.2 Å². The molecule has 1 atom stereocenters. The molecule has 20 heavy (non-hydrogen) atoms. The Morgan fingerprint density at radius 3 is 2.90 bits per heavy atom. The highest BCUT2D eigenvalue weighted by molar-refractivity contribution is 7.91. The summed E-state index contributed by atoms with van der Waals surface area (Å²) < 4.78 is 25.2. The van der Waals surface area contributed by atoms with E-state index in [1.807, 2.05) is 22.7 Å². The minimum atomic E-state index is -3.12. The number of nitrogens with zero attached hydrogens (tertiary/aromatic N) is 3. The van der Waals surface area contributed by atoms with Crippen molar-refractivity contribution in [3.8, 4) is 0 Å². The van der Waals surface area contributed by atoms with Crippen molar-refractivity contribution >= 4 is 15.8 Å². The molecule has 1 aliphatic rings. The Kier molecular flexibility index (Phi) is 4.44. The van der Waals surface area contributed by atoms with Crippen molar-refractivity contribution < 1.29 is 18.3 Å². The van der Waals surface area contributed by atoms with Gasteiger partial charge in [-0.3, -0.25) is 9.69 Å². The van der Waals surface area contributed by atoms with Crippen molar-refractivity contribution in [1.29, 1.82) is 0 Å². The Bertz CT molecular complexity index is 581. The highest BCUT2D eigenvalue weighted by atomic mass is 32.2. The van der Waals surface area contributed by atoms with E-state index in [4.69, 9.17) is 5.11 Å². The molecule has 112 valence electrons. The molecule has 1 N–H and O–H groups in total. The predicted octanol–water partition coefficient (Wildman–Crippen LogP) is -0.464. The van der Waals surface area contributed by atoms with Crippen LogP contribution in [0.25, 0.3) is 0 Å². The van der Waals surface area contributed by atoms with Gasteiger partial charge in [0.1, 0.15) is 5.82 Å².